The van der Waals surface area contributed by atoms with Gasteiger partial charge < -0.3 is 15.3 Å². The van der Waals surface area contributed by atoms with E-state index in [-0.39, 0.29) is 11.8 Å². The molecule has 1 aliphatic heterocycles. The van der Waals surface area contributed by atoms with Gasteiger partial charge in [0, 0.05) is 53.9 Å². The van der Waals surface area contributed by atoms with Gasteiger partial charge in [-0.3, -0.25) is 14.6 Å². The van der Waals surface area contributed by atoms with E-state index >= 15 is 0 Å². The van der Waals surface area contributed by atoms with Gasteiger partial charge in [0.15, 0.2) is 5.01 Å². The van der Waals surface area contributed by atoms with Crippen LogP contribution < -0.4 is 5.32 Å². The second-order valence-electron chi connectivity index (χ2n) is 7.19. The molecule has 13 heteroatoms. The molecular weight excluding hydrogens is 509 g/mol. The number of nitrogens with zero attached hydrogens (tertiary/aromatic N) is 3. The quantitative estimate of drug-likeness (QED) is 0.525. The number of carbonyl (C=O) groups excluding carboxylic acids is 2. The Balaban J connectivity index is 0.000000429. The smallest absolute Gasteiger partial charge is 0.475 e. The van der Waals surface area contributed by atoms with Crippen molar-refractivity contribution in [2.45, 2.75) is 19.0 Å². The number of anilines is 1. The van der Waals surface area contributed by atoms with Crippen molar-refractivity contribution in [2.24, 2.45) is 0 Å². The van der Waals surface area contributed by atoms with E-state index in [9.17, 15) is 22.8 Å². The van der Waals surface area contributed by atoms with Crippen molar-refractivity contribution in [3.05, 3.63) is 75.0 Å². The Morgan fingerprint density at radius 1 is 1.09 bits per heavy atom. The second kappa shape index (κ2) is 11.3. The van der Waals surface area contributed by atoms with Crippen molar-refractivity contribution >= 4 is 46.4 Å². The number of carboxylic acid groups (broad SMARTS) is 1. The summed E-state index contributed by atoms with van der Waals surface area (Å²) >= 11 is 7.26. The summed E-state index contributed by atoms with van der Waals surface area (Å²) < 4.78 is 31.7. The van der Waals surface area contributed by atoms with Gasteiger partial charge in [0.2, 0.25) is 0 Å². The molecule has 2 aromatic heterocycles. The lowest BCUT2D eigenvalue weighted by Crippen LogP contribution is -2.33. The second-order valence-corrected chi connectivity index (χ2v) is 8.71. The lowest BCUT2D eigenvalue weighted by Gasteiger charge is -2.20. The fraction of sp³-hybridized carbons (Fsp3) is 0.227. The highest BCUT2D eigenvalue weighted by Gasteiger charge is 2.38. The Morgan fingerprint density at radius 2 is 1.74 bits per heavy atom. The monoisotopic (exact) mass is 526 g/mol. The fourth-order valence-corrected chi connectivity index (χ4v) is 4.17. The summed E-state index contributed by atoms with van der Waals surface area (Å²) in [6, 6.07) is 10.5. The van der Waals surface area contributed by atoms with E-state index in [1.807, 2.05) is 4.90 Å². The number of carbonyl (C=O) groups is 3. The molecule has 3 heterocycles. The number of aromatic nitrogens is 2. The highest BCUT2D eigenvalue weighted by Crippen LogP contribution is 2.25. The third-order valence-corrected chi connectivity index (χ3v) is 6.15. The van der Waals surface area contributed by atoms with Crippen LogP contribution in [0.25, 0.3) is 0 Å². The number of benzene rings is 1. The normalized spacial score (nSPS) is 13.1. The molecule has 0 radical (unpaired) electrons. The predicted octanol–water partition coefficient (Wildman–Crippen LogP) is 4.32. The van der Waals surface area contributed by atoms with Crippen molar-refractivity contribution in [3.8, 4) is 0 Å². The zero-order valence-electron chi connectivity index (χ0n) is 17.9. The van der Waals surface area contributed by atoms with E-state index in [1.165, 1.54) is 11.3 Å². The van der Waals surface area contributed by atoms with Gasteiger partial charge in [0.05, 0.1) is 11.3 Å². The van der Waals surface area contributed by atoms with E-state index in [0.29, 0.717) is 47.2 Å². The Kier molecular flexibility index (Phi) is 8.41. The van der Waals surface area contributed by atoms with E-state index in [1.54, 1.807) is 48.8 Å². The number of amides is 2. The Hall–Kier alpha value is -3.51. The highest BCUT2D eigenvalue weighted by atomic mass is 35.5. The third-order valence-electron chi connectivity index (χ3n) is 4.74. The van der Waals surface area contributed by atoms with Crippen LogP contribution in [-0.4, -0.2) is 57.0 Å². The van der Waals surface area contributed by atoms with Crippen LogP contribution >= 0.6 is 22.9 Å². The molecule has 0 saturated heterocycles. The number of fused-ring (bicyclic) bond motifs is 1. The number of alkyl halides is 3. The number of nitrogens with one attached hydrogen (secondary N) is 1. The molecule has 0 spiro atoms. The molecular formula is C22H18ClF3N4O4S. The van der Waals surface area contributed by atoms with Crippen LogP contribution in [0.3, 0.4) is 0 Å². The summed E-state index contributed by atoms with van der Waals surface area (Å²) in [7, 11) is 0. The minimum atomic E-state index is -5.08. The average Bonchev–Trinajstić information content (AvgIpc) is 3.14. The average molecular weight is 527 g/mol. The van der Waals surface area contributed by atoms with Crippen molar-refractivity contribution in [3.63, 3.8) is 0 Å². The first-order valence-corrected chi connectivity index (χ1v) is 11.3. The zero-order chi connectivity index (χ0) is 25.6. The van der Waals surface area contributed by atoms with Crippen LogP contribution in [0, 0.1) is 0 Å². The number of hydrogen-bond donors (Lipinski definition) is 2. The van der Waals surface area contributed by atoms with E-state index in [2.05, 4.69) is 15.3 Å². The Bertz CT molecular complexity index is 1180. The van der Waals surface area contributed by atoms with E-state index < -0.39 is 12.1 Å². The largest absolute Gasteiger partial charge is 0.490 e. The third kappa shape index (κ3) is 7.23. The molecule has 184 valence electrons. The molecule has 2 N–H and O–H groups in total. The molecule has 35 heavy (non-hydrogen) atoms. The molecule has 0 fully saturated rings. The van der Waals surface area contributed by atoms with Gasteiger partial charge in [-0.05, 0) is 36.4 Å². The highest BCUT2D eigenvalue weighted by molar-refractivity contribution is 7.13. The SMILES string of the molecule is O=C(Nc1ccc(Cl)cc1)c1nc2c(s1)CCN(C(=O)c1cccnc1)CC2.O=C(O)C(F)(F)F. The Labute approximate surface area is 206 Å². The van der Waals surface area contributed by atoms with Crippen LogP contribution in [0.2, 0.25) is 5.02 Å². The van der Waals surface area contributed by atoms with Gasteiger partial charge in [-0.25, -0.2) is 9.78 Å². The summed E-state index contributed by atoms with van der Waals surface area (Å²) in [5.41, 5.74) is 2.16. The maximum absolute atomic E-state index is 12.6. The molecule has 3 aromatic rings. The van der Waals surface area contributed by atoms with E-state index in [4.69, 9.17) is 21.5 Å². The molecule has 4 rings (SSSR count). The lowest BCUT2D eigenvalue weighted by atomic mass is 10.2. The molecule has 8 nitrogen and oxygen atoms in total. The number of carboxylic acids is 1. The first-order valence-electron chi connectivity index (χ1n) is 10.1. The van der Waals surface area contributed by atoms with Crippen LogP contribution in [0.1, 0.15) is 30.7 Å². The number of pyridine rings is 1. The molecule has 0 bridgehead atoms. The number of rotatable bonds is 3. The summed E-state index contributed by atoms with van der Waals surface area (Å²) in [5, 5.41) is 11.0. The summed E-state index contributed by atoms with van der Waals surface area (Å²) in [6.45, 7) is 1.17. The van der Waals surface area contributed by atoms with E-state index in [0.717, 1.165) is 10.6 Å². The van der Waals surface area contributed by atoms with Crippen LogP contribution in [-0.2, 0) is 17.6 Å². The van der Waals surface area contributed by atoms with Crippen molar-refractivity contribution in [2.75, 3.05) is 18.4 Å². The lowest BCUT2D eigenvalue weighted by molar-refractivity contribution is -0.192. The maximum atomic E-state index is 12.6. The van der Waals surface area contributed by atoms with Crippen molar-refractivity contribution in [1.82, 2.24) is 14.9 Å². The number of thiazole rings is 1. The molecule has 0 aliphatic carbocycles. The van der Waals surface area contributed by atoms with Gasteiger partial charge >= 0.3 is 12.1 Å². The van der Waals surface area contributed by atoms with Gasteiger partial charge in [0.25, 0.3) is 11.8 Å². The molecule has 1 aliphatic rings. The maximum Gasteiger partial charge on any atom is 0.490 e. The molecule has 0 atom stereocenters. The van der Waals surface area contributed by atoms with Gasteiger partial charge in [0.1, 0.15) is 0 Å². The van der Waals surface area contributed by atoms with Crippen LogP contribution in [0.4, 0.5) is 18.9 Å². The Morgan fingerprint density at radius 3 is 2.34 bits per heavy atom. The molecule has 0 unspecified atom stereocenters. The van der Waals surface area contributed by atoms with Crippen molar-refractivity contribution < 1.29 is 32.7 Å². The van der Waals surface area contributed by atoms with Crippen molar-refractivity contribution in [1.29, 1.82) is 0 Å². The van der Waals surface area contributed by atoms with Crippen LogP contribution in [0.15, 0.2) is 48.8 Å². The number of aliphatic carboxylic acids is 1. The fourth-order valence-electron chi connectivity index (χ4n) is 3.05. The molecule has 2 amide bonds. The standard InChI is InChI=1S/C20H17ClN4O2S.C2HF3O2/c21-14-3-5-15(6-4-14)23-18(26)19-24-16-7-10-25(11-8-17(16)28-19)20(27)13-2-1-9-22-12-13;3-2(4,5)1(6)7/h1-6,9,12H,7-8,10-11H2,(H,23,26);(H,6,7). The number of halogens is 4. The predicted molar refractivity (Wildman–Crippen MR) is 123 cm³/mol. The molecule has 0 saturated carbocycles. The molecule has 1 aromatic carbocycles. The van der Waals surface area contributed by atoms with Gasteiger partial charge in [-0.2, -0.15) is 13.2 Å². The first kappa shape index (κ1) is 26.1. The number of hydrogen-bond acceptors (Lipinski definition) is 6. The first-order chi connectivity index (χ1) is 16.5. The zero-order valence-corrected chi connectivity index (χ0v) is 19.5. The minimum absolute atomic E-state index is 0.0241. The van der Waals surface area contributed by atoms with Crippen LogP contribution in [0.5, 0.6) is 0 Å². The van der Waals surface area contributed by atoms with Gasteiger partial charge in [-0.15, -0.1) is 11.3 Å². The van der Waals surface area contributed by atoms with Gasteiger partial charge in [-0.1, -0.05) is 11.6 Å². The summed E-state index contributed by atoms with van der Waals surface area (Å²) in [5.74, 6) is -3.01. The topological polar surface area (TPSA) is 112 Å². The summed E-state index contributed by atoms with van der Waals surface area (Å²) in [4.78, 5) is 45.4. The summed E-state index contributed by atoms with van der Waals surface area (Å²) in [6.07, 6.45) is -0.531. The minimum Gasteiger partial charge on any atom is -0.475 e.